The van der Waals surface area contributed by atoms with E-state index in [0.29, 0.717) is 34.0 Å². The van der Waals surface area contributed by atoms with Crippen molar-refractivity contribution in [3.05, 3.63) is 29.8 Å². The van der Waals surface area contributed by atoms with Crippen LogP contribution in [0.25, 0.3) is 0 Å². The molecule has 4 N–H and O–H groups in total. The van der Waals surface area contributed by atoms with Gasteiger partial charge in [-0.3, -0.25) is 0 Å². The maximum Gasteiger partial charge on any atom is 1.00 e. The summed E-state index contributed by atoms with van der Waals surface area (Å²) in [6.07, 6.45) is 42.8. The Balaban J connectivity index is 0.000000197. The molecule has 0 unspecified atom stereocenters. The number of hydrogen-bond donors (Lipinski definition) is 4. The Hall–Kier alpha value is -0.254. The number of hydrogen-bond acceptors (Lipinski definition) is 9. The van der Waals surface area contributed by atoms with E-state index in [2.05, 4.69) is 107 Å². The summed E-state index contributed by atoms with van der Waals surface area (Å²) in [5.74, 6) is 14.6. The van der Waals surface area contributed by atoms with Crippen LogP contribution in [-0.2, 0) is 0 Å². The molecule has 12 saturated carbocycles. The van der Waals surface area contributed by atoms with Crippen LogP contribution in [0.1, 0.15) is 260 Å². The van der Waals surface area contributed by atoms with Crippen LogP contribution in [0.2, 0.25) is 39.3 Å². The van der Waals surface area contributed by atoms with Gasteiger partial charge >= 0.3 is 68.9 Å². The molecule has 0 aliphatic heterocycles. The van der Waals surface area contributed by atoms with Gasteiger partial charge in [-0.15, -0.1) is 17.1 Å². The van der Waals surface area contributed by atoms with E-state index in [1.165, 1.54) is 152 Å². The van der Waals surface area contributed by atoms with E-state index in [4.69, 9.17) is 20.7 Å². The average Bonchev–Trinajstić information content (AvgIpc) is 1.25. The second kappa shape index (κ2) is 29.2. The molecule has 13 heteroatoms. The normalized spacial score (nSPS) is 45.8. The number of aliphatic hydroxyl groups is 3. The number of nitrogens with zero attached hydrogens (tertiary/aromatic N) is 3. The van der Waals surface area contributed by atoms with Crippen molar-refractivity contribution in [3.8, 4) is 12.0 Å². The Morgan fingerprint density at radius 1 is 0.511 bits per heavy atom. The molecule has 496 valence electrons. The van der Waals surface area contributed by atoms with Gasteiger partial charge in [-0.2, -0.15) is 0 Å². The minimum absolute atomic E-state index is 0. The zero-order valence-electron chi connectivity index (χ0n) is 55.7. The number of fused-ring (bicyclic) bond motifs is 15. The third-order valence-electron chi connectivity index (χ3n) is 27.9. The minimum atomic E-state index is -1.44. The van der Waals surface area contributed by atoms with Crippen molar-refractivity contribution < 1.29 is 103 Å². The molecule has 12 aliphatic rings. The zero-order valence-corrected chi connectivity index (χ0v) is 64.0. The van der Waals surface area contributed by atoms with E-state index in [-0.39, 0.29) is 95.9 Å². The van der Waals surface area contributed by atoms with E-state index in [1.54, 1.807) is 6.26 Å². The third-order valence-corrected chi connectivity index (χ3v) is 30.5. The van der Waals surface area contributed by atoms with Gasteiger partial charge in [0.15, 0.2) is 0 Å². The van der Waals surface area contributed by atoms with Crippen LogP contribution in [-0.4, -0.2) is 70.0 Å². The summed E-state index contributed by atoms with van der Waals surface area (Å²) in [6, 6.07) is 4.43. The van der Waals surface area contributed by atoms with Crippen LogP contribution in [0.5, 0.6) is 0 Å². The summed E-state index contributed by atoms with van der Waals surface area (Å²) >= 11 is 0. The van der Waals surface area contributed by atoms with Crippen molar-refractivity contribution in [3.63, 3.8) is 0 Å². The van der Waals surface area contributed by atoms with Gasteiger partial charge in [-0.25, -0.2) is 0 Å². The Labute approximate surface area is 597 Å². The fraction of sp³-hybridized carbons (Fsp3) is 0.880. The van der Waals surface area contributed by atoms with Crippen LogP contribution in [0, 0.1) is 123 Å². The molecule has 0 saturated heterocycles. The summed E-state index contributed by atoms with van der Waals surface area (Å²) in [7, 11) is -2.54. The molecule has 9 nitrogen and oxygen atoms in total. The Morgan fingerprint density at radius 3 is 1.25 bits per heavy atom. The molecule has 0 bridgehead atoms. The smallest absolute Gasteiger partial charge is 1.00 e. The van der Waals surface area contributed by atoms with E-state index in [9.17, 15) is 15.3 Å². The van der Waals surface area contributed by atoms with Crippen molar-refractivity contribution >= 4 is 27.7 Å². The second-order valence-corrected chi connectivity index (χ2v) is 44.8. The molecule has 24 atom stereocenters. The van der Waals surface area contributed by atoms with Gasteiger partial charge in [0.05, 0.1) is 28.2 Å². The molecular weight excluding hydrogens is 1250 g/mol. The third kappa shape index (κ3) is 15.3. The summed E-state index contributed by atoms with van der Waals surface area (Å²) in [5, 5.41) is 54.1. The topological polar surface area (TPSA) is 145 Å². The van der Waals surface area contributed by atoms with Gasteiger partial charge in [0.2, 0.25) is 0 Å². The first-order chi connectivity index (χ1) is 39.1. The van der Waals surface area contributed by atoms with Gasteiger partial charge in [0.25, 0.3) is 0 Å². The maximum atomic E-state index is 10.6. The molecule has 0 aromatic carbocycles. The number of halogens is 1. The first-order valence-electron chi connectivity index (χ1n) is 34.8. The van der Waals surface area contributed by atoms with Gasteiger partial charge in [-0.05, 0) is 305 Å². The molecule has 2 aromatic heterocycles. The second-order valence-electron chi connectivity index (χ2n) is 35.1. The predicted octanol–water partition coefficient (Wildman–Crippen LogP) is 12.7. The molecule has 0 amide bonds. The van der Waals surface area contributed by atoms with E-state index < -0.39 is 33.0 Å². The number of rotatable bonds is 4. The summed E-state index contributed by atoms with van der Waals surface area (Å²) in [4.78, 5) is 0. The summed E-state index contributed by atoms with van der Waals surface area (Å²) in [6.45, 7) is 27.3. The molecule has 12 aliphatic carbocycles. The molecular formula is C75H129CsFN3O6Si2. The minimum Gasteiger partial charge on any atom is -1.00 e. The Bertz CT molecular complexity index is 2610. The number of oxime groups is 1. The van der Waals surface area contributed by atoms with Crippen molar-refractivity contribution in [2.24, 2.45) is 116 Å². The van der Waals surface area contributed by atoms with Crippen LogP contribution >= 0.6 is 0 Å². The van der Waals surface area contributed by atoms with Gasteiger partial charge in [0, 0.05) is 30.0 Å². The molecule has 2 aromatic rings. The van der Waals surface area contributed by atoms with Crippen molar-refractivity contribution in [2.45, 2.75) is 305 Å². The fourth-order valence-electron chi connectivity index (χ4n) is 23.8. The van der Waals surface area contributed by atoms with E-state index in [0.717, 1.165) is 127 Å². The first kappa shape index (κ1) is 76.8. The van der Waals surface area contributed by atoms with Crippen LogP contribution < -0.4 is 79.0 Å². The quantitative estimate of drug-likeness (QED) is 0.0779. The SMILES string of the molecule is C.C.C.C#C[Si](C)(C)C.C[C@@]1(O)CC[C@H]2[C@H](CC[C@@H]3[C@@H]2CC[C@]2(C)[C@@H](/C=N/O)CC[C@@H]32)C1.C[C@@]1(O)CC[C@H]2[C@H](CC[C@@H]3[C@@H]2CC[C@]2(C)[C@@H](c4cc([Si](C)(C)C)on4)CC[C@@H]32)C1.C[C@@]1(O)CC[C@H]2[C@H](CC[C@@H]3[C@@H]2CC[C@]2(C)[C@@H](c4ccon4)CC[C@@H]32)C1.[Cs+].[F-]. The molecule has 0 spiro atoms. The predicted molar refractivity (Wildman–Crippen MR) is 361 cm³/mol. The zero-order chi connectivity index (χ0) is 59.3. The number of terminal acetylenes is 1. The molecule has 2 heterocycles. The van der Waals surface area contributed by atoms with Crippen molar-refractivity contribution in [2.75, 3.05) is 0 Å². The standard InChI is InChI=1S/C25H41NO2Si.C22H33NO2.C20H33NO2.C5H10Si.3CH4.Cs.FH/c1-24(27)12-10-17-16(15-24)6-7-19-18(17)11-13-25(2)20(19)8-9-21(25)22-14-23(28-26-22)29(3,4)5;1-21(24)10-7-15-14(13-21)3-4-17-16(15)8-11-22(2)18(17)5-6-19(22)20-9-12-25-23-20;1-19(22)9-7-15-13(11-19)3-5-17-16(15)8-10-20(2)14(12-21-23)4-6-18(17)20;1-5-6(2,3)4;;;;;/h14,16-21,27H,6-13,15H2,1-5H3;9,12,14-19,24H,3-8,10-11,13H2,1-2H3;12-18,22-23H,3-11H2,1-2H3;1H,2-4H3;3*1H4;;1H/q;;;;;;;+1;/p-1/b;;21-12+;;;;;;/t16-,17+,18-,19-,20+,21-,24-,25+;14-,15+,16-,17-,18+,19-,21-,22+;13-,14-,15+,16-,17-,18+,19-,20-;;;;;;/m111....../s1. The summed E-state index contributed by atoms with van der Waals surface area (Å²) < 4.78 is 11.0. The molecule has 12 fully saturated rings. The van der Waals surface area contributed by atoms with Crippen LogP contribution in [0.3, 0.4) is 0 Å². The van der Waals surface area contributed by atoms with Crippen molar-refractivity contribution in [1.82, 2.24) is 10.3 Å². The Morgan fingerprint density at radius 2 is 0.886 bits per heavy atom. The molecule has 0 radical (unpaired) electrons. The molecule has 14 rings (SSSR count). The van der Waals surface area contributed by atoms with Crippen molar-refractivity contribution in [1.29, 1.82) is 0 Å². The van der Waals surface area contributed by atoms with Gasteiger partial charge in [-0.1, -0.05) is 92.6 Å². The molecule has 88 heavy (non-hydrogen) atoms. The van der Waals surface area contributed by atoms with Crippen LogP contribution in [0.4, 0.5) is 0 Å². The largest absolute Gasteiger partial charge is 1.00 e. The van der Waals surface area contributed by atoms with E-state index >= 15 is 0 Å². The van der Waals surface area contributed by atoms with E-state index in [1.807, 2.05) is 13.1 Å². The monoisotopic (exact) mass is 1380 g/mol. The Kier molecular flexibility index (Phi) is 25.5. The van der Waals surface area contributed by atoms with Gasteiger partial charge in [0.1, 0.15) is 27.8 Å². The van der Waals surface area contributed by atoms with Gasteiger partial charge < -0.3 is 34.3 Å². The first-order valence-corrected chi connectivity index (χ1v) is 41.8. The summed E-state index contributed by atoms with van der Waals surface area (Å²) in [5.41, 5.74) is 5.17. The maximum absolute atomic E-state index is 10.6. The average molecular weight is 1380 g/mol. The number of aromatic nitrogens is 2. The van der Waals surface area contributed by atoms with Crippen LogP contribution in [0.15, 0.2) is 32.6 Å². The fourth-order valence-corrected chi connectivity index (χ4v) is 24.7.